The zero-order valence-corrected chi connectivity index (χ0v) is 18.1. The number of hydrogen-bond donors (Lipinski definition) is 0. The molecule has 0 spiro atoms. The molecule has 4 rings (SSSR count). The first kappa shape index (κ1) is 22.5. The zero-order valence-electron chi connectivity index (χ0n) is 18.1. The molecule has 2 heterocycles. The van der Waals surface area contributed by atoms with Crippen LogP contribution >= 0.6 is 0 Å². The van der Waals surface area contributed by atoms with Gasteiger partial charge in [-0.25, -0.2) is 9.18 Å². The summed E-state index contributed by atoms with van der Waals surface area (Å²) in [5, 5.41) is 11.5. The molecule has 2 aromatic carbocycles. The standard InChI is InChI=1S/C23H25FN4O5/c24-18-4-6-19(7-5-18)25-11-13-27(14-12-25)22(29)16-33-23(30)17-3-8-20(21(15-17)28(31)32)26-9-1-2-10-26/h3-8,15H,1-2,9-14,16H2. The number of amides is 1. The van der Waals surface area contributed by atoms with Gasteiger partial charge in [-0.3, -0.25) is 14.9 Å². The minimum absolute atomic E-state index is 0.0403. The maximum Gasteiger partial charge on any atom is 0.338 e. The minimum atomic E-state index is -0.774. The topological polar surface area (TPSA) is 96.2 Å². The van der Waals surface area contributed by atoms with Gasteiger partial charge in [-0.15, -0.1) is 0 Å². The van der Waals surface area contributed by atoms with Gasteiger partial charge in [0.1, 0.15) is 11.5 Å². The Hall–Kier alpha value is -3.69. The van der Waals surface area contributed by atoms with E-state index in [4.69, 9.17) is 4.74 Å². The number of nitro groups is 1. The number of anilines is 2. The fourth-order valence-electron chi connectivity index (χ4n) is 4.19. The highest BCUT2D eigenvalue weighted by molar-refractivity contribution is 5.93. The number of hydrogen-bond acceptors (Lipinski definition) is 7. The van der Waals surface area contributed by atoms with Crippen LogP contribution in [-0.2, 0) is 9.53 Å². The smallest absolute Gasteiger partial charge is 0.338 e. The second kappa shape index (κ2) is 9.85. The van der Waals surface area contributed by atoms with Crippen LogP contribution in [0.3, 0.4) is 0 Å². The maximum absolute atomic E-state index is 13.1. The van der Waals surface area contributed by atoms with Crippen molar-refractivity contribution in [1.82, 2.24) is 4.90 Å². The number of rotatable bonds is 6. The second-order valence-corrected chi connectivity index (χ2v) is 8.08. The number of nitrogens with zero attached hydrogens (tertiary/aromatic N) is 4. The lowest BCUT2D eigenvalue weighted by Crippen LogP contribution is -2.49. The fourth-order valence-corrected chi connectivity index (χ4v) is 4.19. The molecule has 10 heteroatoms. The summed E-state index contributed by atoms with van der Waals surface area (Å²) in [6.07, 6.45) is 1.95. The highest BCUT2D eigenvalue weighted by atomic mass is 19.1. The number of esters is 1. The number of halogens is 1. The van der Waals surface area contributed by atoms with Gasteiger partial charge in [0.05, 0.1) is 10.5 Å². The van der Waals surface area contributed by atoms with Crippen LogP contribution in [0.1, 0.15) is 23.2 Å². The minimum Gasteiger partial charge on any atom is -0.452 e. The summed E-state index contributed by atoms with van der Waals surface area (Å²) >= 11 is 0. The maximum atomic E-state index is 13.1. The molecule has 0 atom stereocenters. The number of benzene rings is 2. The number of ether oxygens (including phenoxy) is 1. The summed E-state index contributed by atoms with van der Waals surface area (Å²) in [6, 6.07) is 10.5. The van der Waals surface area contributed by atoms with E-state index < -0.39 is 17.5 Å². The van der Waals surface area contributed by atoms with Gasteiger partial charge >= 0.3 is 5.97 Å². The van der Waals surface area contributed by atoms with E-state index >= 15 is 0 Å². The molecule has 0 bridgehead atoms. The van der Waals surface area contributed by atoms with Gasteiger partial charge in [0, 0.05) is 51.0 Å². The van der Waals surface area contributed by atoms with Crippen molar-refractivity contribution in [2.75, 3.05) is 55.7 Å². The first-order valence-electron chi connectivity index (χ1n) is 10.9. The number of carbonyl (C=O) groups excluding carboxylic acids is 2. The average molecular weight is 456 g/mol. The lowest BCUT2D eigenvalue weighted by molar-refractivity contribution is -0.384. The molecule has 0 saturated carbocycles. The monoisotopic (exact) mass is 456 g/mol. The number of piperazine rings is 1. The highest BCUT2D eigenvalue weighted by Crippen LogP contribution is 2.31. The zero-order chi connectivity index (χ0) is 23.4. The molecule has 0 aliphatic carbocycles. The molecular formula is C23H25FN4O5. The normalized spacial score (nSPS) is 16.1. The largest absolute Gasteiger partial charge is 0.452 e. The van der Waals surface area contributed by atoms with Crippen LogP contribution in [-0.4, -0.2) is 67.6 Å². The van der Waals surface area contributed by atoms with Gasteiger partial charge in [0.2, 0.25) is 0 Å². The lowest BCUT2D eigenvalue weighted by Gasteiger charge is -2.36. The molecule has 0 radical (unpaired) electrons. The van der Waals surface area contributed by atoms with Crippen LogP contribution < -0.4 is 9.80 Å². The summed E-state index contributed by atoms with van der Waals surface area (Å²) in [7, 11) is 0. The summed E-state index contributed by atoms with van der Waals surface area (Å²) < 4.78 is 18.2. The van der Waals surface area contributed by atoms with E-state index in [2.05, 4.69) is 4.90 Å². The second-order valence-electron chi connectivity index (χ2n) is 8.08. The Morgan fingerprint density at radius 2 is 1.61 bits per heavy atom. The van der Waals surface area contributed by atoms with Crippen molar-refractivity contribution in [2.45, 2.75) is 12.8 Å². The lowest BCUT2D eigenvalue weighted by atomic mass is 10.1. The van der Waals surface area contributed by atoms with E-state index in [0.717, 1.165) is 31.6 Å². The van der Waals surface area contributed by atoms with Crippen molar-refractivity contribution >= 4 is 28.9 Å². The molecule has 33 heavy (non-hydrogen) atoms. The Bertz CT molecular complexity index is 1030. The van der Waals surface area contributed by atoms with Crippen LogP contribution in [0, 0.1) is 15.9 Å². The van der Waals surface area contributed by atoms with Crippen LogP contribution in [0.5, 0.6) is 0 Å². The SMILES string of the molecule is O=C(OCC(=O)N1CCN(c2ccc(F)cc2)CC1)c1ccc(N2CCCC2)c([N+](=O)[O-])c1. The molecule has 174 valence electrons. The highest BCUT2D eigenvalue weighted by Gasteiger charge is 2.26. The number of nitro benzene ring substituents is 1. The van der Waals surface area contributed by atoms with E-state index in [-0.39, 0.29) is 23.0 Å². The van der Waals surface area contributed by atoms with Crippen molar-refractivity contribution < 1.29 is 23.6 Å². The van der Waals surface area contributed by atoms with Crippen LogP contribution in [0.15, 0.2) is 42.5 Å². The Morgan fingerprint density at radius 3 is 2.24 bits per heavy atom. The molecule has 0 unspecified atom stereocenters. The van der Waals surface area contributed by atoms with Crippen molar-refractivity contribution in [3.8, 4) is 0 Å². The van der Waals surface area contributed by atoms with Gasteiger partial charge in [-0.1, -0.05) is 0 Å². The summed E-state index contributed by atoms with van der Waals surface area (Å²) in [5.74, 6) is -1.40. The van der Waals surface area contributed by atoms with Gasteiger partial charge < -0.3 is 19.4 Å². The Balaban J connectivity index is 1.31. The van der Waals surface area contributed by atoms with Crippen molar-refractivity contribution in [3.05, 3.63) is 64.0 Å². The van der Waals surface area contributed by atoms with Gasteiger partial charge in [0.15, 0.2) is 6.61 Å². The van der Waals surface area contributed by atoms with Gasteiger partial charge in [-0.05, 0) is 49.2 Å². The molecule has 0 aromatic heterocycles. The molecule has 9 nitrogen and oxygen atoms in total. The third kappa shape index (κ3) is 5.21. The van der Waals surface area contributed by atoms with Gasteiger partial charge in [0.25, 0.3) is 11.6 Å². The fraction of sp³-hybridized carbons (Fsp3) is 0.391. The molecule has 2 fully saturated rings. The first-order chi connectivity index (χ1) is 15.9. The molecule has 2 aliphatic rings. The Morgan fingerprint density at radius 1 is 0.939 bits per heavy atom. The van der Waals surface area contributed by atoms with E-state index in [1.165, 1.54) is 24.3 Å². The van der Waals surface area contributed by atoms with E-state index in [0.29, 0.717) is 31.9 Å². The summed E-state index contributed by atoms with van der Waals surface area (Å²) in [6.45, 7) is 3.11. The molecule has 2 aromatic rings. The Kier molecular flexibility index (Phi) is 6.71. The van der Waals surface area contributed by atoms with Gasteiger partial charge in [-0.2, -0.15) is 0 Å². The molecule has 2 saturated heterocycles. The van der Waals surface area contributed by atoms with Crippen LogP contribution in [0.2, 0.25) is 0 Å². The average Bonchev–Trinajstić information content (AvgIpc) is 3.37. The molecular weight excluding hydrogens is 431 g/mol. The molecule has 1 amide bonds. The number of carbonyl (C=O) groups is 2. The third-order valence-electron chi connectivity index (χ3n) is 6.01. The van der Waals surface area contributed by atoms with Crippen molar-refractivity contribution in [3.63, 3.8) is 0 Å². The summed E-state index contributed by atoms with van der Waals surface area (Å²) in [4.78, 5) is 41.5. The first-order valence-corrected chi connectivity index (χ1v) is 10.9. The van der Waals surface area contributed by atoms with Crippen LogP contribution in [0.25, 0.3) is 0 Å². The molecule has 2 aliphatic heterocycles. The quantitative estimate of drug-likeness (QED) is 0.375. The Labute approximate surface area is 190 Å². The van der Waals surface area contributed by atoms with Crippen LogP contribution in [0.4, 0.5) is 21.5 Å². The predicted octanol–water partition coefficient (Wildman–Crippen LogP) is 2.84. The van der Waals surface area contributed by atoms with Crippen molar-refractivity contribution in [2.24, 2.45) is 0 Å². The predicted molar refractivity (Wildman–Crippen MR) is 120 cm³/mol. The molecule has 0 N–H and O–H groups in total. The van der Waals surface area contributed by atoms with E-state index in [1.54, 1.807) is 23.1 Å². The summed E-state index contributed by atoms with van der Waals surface area (Å²) in [5.41, 5.74) is 1.27. The third-order valence-corrected chi connectivity index (χ3v) is 6.01. The van der Waals surface area contributed by atoms with Crippen molar-refractivity contribution in [1.29, 1.82) is 0 Å². The van der Waals surface area contributed by atoms with E-state index in [9.17, 15) is 24.1 Å². The van der Waals surface area contributed by atoms with E-state index in [1.807, 2.05) is 4.90 Å².